The lowest BCUT2D eigenvalue weighted by Crippen LogP contribution is -2.37. The number of rotatable bonds is 3. The van der Waals surface area contributed by atoms with Gasteiger partial charge in [-0.3, -0.25) is 4.79 Å². The van der Waals surface area contributed by atoms with Crippen LogP contribution in [-0.4, -0.2) is 17.6 Å². The summed E-state index contributed by atoms with van der Waals surface area (Å²) in [6.45, 7) is 0. The lowest BCUT2D eigenvalue weighted by Gasteiger charge is -2.23. The molecule has 0 aliphatic carbocycles. The number of nitriles is 1. The van der Waals surface area contributed by atoms with Crippen LogP contribution in [0.25, 0.3) is 17.7 Å². The molecule has 2 aromatic carbocycles. The number of hydrogen-bond donors (Lipinski definition) is 1. The number of methoxy groups -OCH3 is 1. The van der Waals surface area contributed by atoms with E-state index in [9.17, 15) is 19.2 Å². The Hall–Kier alpha value is -3.07. The summed E-state index contributed by atoms with van der Waals surface area (Å²) in [6.07, 6.45) is 1.33. The van der Waals surface area contributed by atoms with Crippen molar-refractivity contribution in [2.75, 3.05) is 7.11 Å². The van der Waals surface area contributed by atoms with Crippen LogP contribution in [0.15, 0.2) is 50.1 Å². The number of benzene rings is 2. The van der Waals surface area contributed by atoms with Gasteiger partial charge in [-0.25, -0.2) is 18.1 Å². The number of halogens is 4. The van der Waals surface area contributed by atoms with Gasteiger partial charge in [0.15, 0.2) is 0 Å². The molecule has 3 aromatic rings. The molecule has 1 unspecified atom stereocenters. The van der Waals surface area contributed by atoms with Gasteiger partial charge < -0.3 is 10.5 Å². The summed E-state index contributed by atoms with van der Waals surface area (Å²) < 4.78 is 36.1. The monoisotopic (exact) mass is 607 g/mol. The van der Waals surface area contributed by atoms with E-state index in [4.69, 9.17) is 10.5 Å². The van der Waals surface area contributed by atoms with E-state index < -0.39 is 29.1 Å². The van der Waals surface area contributed by atoms with Crippen molar-refractivity contribution in [3.63, 3.8) is 0 Å². The Morgan fingerprint density at radius 3 is 2.68 bits per heavy atom. The molecule has 0 amide bonds. The van der Waals surface area contributed by atoms with Crippen LogP contribution in [0, 0.1) is 17.1 Å². The zero-order valence-corrected chi connectivity index (χ0v) is 21.2. The standard InChI is InChI=1S/C23H13Br2F2N3O3S/c1-33-23(32)10-3-5-15(24)14(7-10)17-18(25)20(29)30-21(31)16(34-22(30)19(17)27)8-12-6-13(26)4-2-11(12)9-28/h2-8,17H,29H2,1H3/b16-8-. The molecule has 2 heterocycles. The number of carbonyl (C=O) groups excluding carboxylic acids is 1. The van der Waals surface area contributed by atoms with E-state index in [0.717, 1.165) is 28.0 Å². The molecule has 0 spiro atoms. The molecule has 4 rings (SSSR count). The minimum atomic E-state index is -1.03. The maximum absolute atomic E-state index is 15.9. The average molecular weight is 609 g/mol. The Kier molecular flexibility index (Phi) is 6.58. The number of allylic oxidation sites excluding steroid dienone is 1. The first-order chi connectivity index (χ1) is 16.2. The lowest BCUT2D eigenvalue weighted by molar-refractivity contribution is 0.0600. The van der Waals surface area contributed by atoms with Crippen LogP contribution in [0.2, 0.25) is 0 Å². The SMILES string of the molecule is COC(=O)c1ccc(Br)c(C2C(Br)=C(N)n3c(s/c(=C\c4cc(F)ccc4C#N)c3=O)=C2F)c1. The van der Waals surface area contributed by atoms with Gasteiger partial charge >= 0.3 is 5.97 Å². The molecule has 0 fully saturated rings. The highest BCUT2D eigenvalue weighted by Gasteiger charge is 2.32. The van der Waals surface area contributed by atoms with Crippen LogP contribution in [0.4, 0.5) is 8.78 Å². The first-order valence-corrected chi connectivity index (χ1v) is 11.9. The predicted octanol–water partition coefficient (Wildman–Crippen LogP) is 3.65. The topological polar surface area (TPSA) is 98.1 Å². The molecule has 172 valence electrons. The molecule has 0 saturated carbocycles. The molecule has 0 saturated heterocycles. The van der Waals surface area contributed by atoms with Gasteiger partial charge in [0.05, 0.1) is 39.2 Å². The minimum absolute atomic E-state index is 0.0302. The van der Waals surface area contributed by atoms with E-state index in [1.54, 1.807) is 6.07 Å². The van der Waals surface area contributed by atoms with Gasteiger partial charge in [0.2, 0.25) is 0 Å². The van der Waals surface area contributed by atoms with Crippen molar-refractivity contribution >= 4 is 66.9 Å². The van der Waals surface area contributed by atoms with E-state index in [0.29, 0.717) is 10.0 Å². The third-order valence-corrected chi connectivity index (χ3v) is 7.84. The molecule has 0 radical (unpaired) electrons. The van der Waals surface area contributed by atoms with Crippen LogP contribution in [-0.2, 0) is 4.74 Å². The number of nitrogens with two attached hydrogens (primary N) is 1. The summed E-state index contributed by atoms with van der Waals surface area (Å²) in [4.78, 5) is 25.1. The van der Waals surface area contributed by atoms with Gasteiger partial charge in [-0.2, -0.15) is 5.26 Å². The zero-order chi connectivity index (χ0) is 24.7. The summed E-state index contributed by atoms with van der Waals surface area (Å²) in [5.74, 6) is -2.91. The fourth-order valence-corrected chi connectivity index (χ4v) is 5.69. The van der Waals surface area contributed by atoms with Gasteiger partial charge in [0, 0.05) is 4.47 Å². The number of nitrogens with zero attached hydrogens (tertiary/aromatic N) is 2. The fraction of sp³-hybridized carbons (Fsp3) is 0.0870. The summed E-state index contributed by atoms with van der Waals surface area (Å²) in [7, 11) is 1.24. The van der Waals surface area contributed by atoms with Crippen molar-refractivity contribution < 1.29 is 18.3 Å². The van der Waals surface area contributed by atoms with Crippen LogP contribution < -0.4 is 20.5 Å². The molecule has 34 heavy (non-hydrogen) atoms. The second-order valence-corrected chi connectivity index (χ2v) is 9.88. The highest BCUT2D eigenvalue weighted by atomic mass is 79.9. The summed E-state index contributed by atoms with van der Waals surface area (Å²) in [5, 5.41) is 9.30. The average Bonchev–Trinajstić information content (AvgIpc) is 3.14. The van der Waals surface area contributed by atoms with Crippen LogP contribution in [0.1, 0.15) is 33.0 Å². The predicted molar refractivity (Wildman–Crippen MR) is 132 cm³/mol. The molecular formula is C23H13Br2F2N3O3S. The van der Waals surface area contributed by atoms with Gasteiger partial charge in [-0.1, -0.05) is 31.9 Å². The smallest absolute Gasteiger partial charge is 0.337 e. The number of hydrogen-bond acceptors (Lipinski definition) is 6. The second kappa shape index (κ2) is 9.29. The van der Waals surface area contributed by atoms with E-state index in [-0.39, 0.29) is 36.2 Å². The summed E-state index contributed by atoms with van der Waals surface area (Å²) >= 11 is 7.53. The largest absolute Gasteiger partial charge is 0.465 e. The first-order valence-electron chi connectivity index (χ1n) is 9.54. The van der Waals surface area contributed by atoms with Crippen molar-refractivity contribution in [3.05, 3.63) is 93.0 Å². The van der Waals surface area contributed by atoms with Crippen LogP contribution in [0.5, 0.6) is 0 Å². The third kappa shape index (κ3) is 4.02. The molecule has 1 aliphatic heterocycles. The highest BCUT2D eigenvalue weighted by molar-refractivity contribution is 9.12. The van der Waals surface area contributed by atoms with Gasteiger partial charge in [0.1, 0.15) is 22.1 Å². The van der Waals surface area contributed by atoms with E-state index in [1.165, 1.54) is 31.4 Å². The molecule has 6 nitrogen and oxygen atoms in total. The number of thiazole rings is 1. The molecule has 1 atom stereocenters. The maximum Gasteiger partial charge on any atom is 0.337 e. The van der Waals surface area contributed by atoms with Gasteiger partial charge in [-0.15, -0.1) is 11.3 Å². The summed E-state index contributed by atoms with van der Waals surface area (Å²) in [5.41, 5.74) is 6.57. The summed E-state index contributed by atoms with van der Waals surface area (Å²) in [6, 6.07) is 10.1. The molecule has 0 bridgehead atoms. The Labute approximate surface area is 212 Å². The number of aromatic nitrogens is 1. The normalized spacial score (nSPS) is 15.8. The minimum Gasteiger partial charge on any atom is -0.465 e. The van der Waals surface area contributed by atoms with Crippen LogP contribution in [0.3, 0.4) is 0 Å². The number of esters is 1. The number of carbonyl (C=O) groups is 1. The Bertz CT molecular complexity index is 1620. The van der Waals surface area contributed by atoms with Crippen molar-refractivity contribution in [1.29, 1.82) is 5.26 Å². The molecule has 1 aliphatic rings. The van der Waals surface area contributed by atoms with E-state index >= 15 is 4.39 Å². The molecule has 2 N–H and O–H groups in total. The van der Waals surface area contributed by atoms with Crippen LogP contribution >= 0.6 is 43.2 Å². The molecular weight excluding hydrogens is 596 g/mol. The molecule has 1 aromatic heterocycles. The van der Waals surface area contributed by atoms with E-state index in [2.05, 4.69) is 31.9 Å². The van der Waals surface area contributed by atoms with E-state index in [1.807, 2.05) is 6.07 Å². The lowest BCUT2D eigenvalue weighted by atomic mass is 9.94. The fourth-order valence-electron chi connectivity index (χ4n) is 3.53. The second-order valence-electron chi connectivity index (χ2n) is 7.14. The Morgan fingerprint density at radius 2 is 2.00 bits per heavy atom. The van der Waals surface area contributed by atoms with Crippen molar-refractivity contribution in [2.24, 2.45) is 5.73 Å². The number of ether oxygens (including phenoxy) is 1. The first kappa shape index (κ1) is 24.1. The zero-order valence-electron chi connectivity index (χ0n) is 17.2. The van der Waals surface area contributed by atoms with Crippen molar-refractivity contribution in [3.8, 4) is 6.07 Å². The highest BCUT2D eigenvalue weighted by Crippen LogP contribution is 2.43. The Morgan fingerprint density at radius 1 is 1.26 bits per heavy atom. The van der Waals surface area contributed by atoms with Crippen molar-refractivity contribution in [1.82, 2.24) is 4.57 Å². The third-order valence-electron chi connectivity index (χ3n) is 5.17. The molecule has 11 heteroatoms. The Balaban J connectivity index is 1.99. The number of fused-ring (bicyclic) bond motifs is 1. The van der Waals surface area contributed by atoms with Gasteiger partial charge in [0.25, 0.3) is 5.56 Å². The van der Waals surface area contributed by atoms with Crippen molar-refractivity contribution in [2.45, 2.75) is 5.92 Å². The quantitative estimate of drug-likeness (QED) is 0.458. The maximum atomic E-state index is 15.9. The van der Waals surface area contributed by atoms with Gasteiger partial charge in [-0.05, 0) is 53.6 Å².